The number of aromatic nitrogens is 1. The van der Waals surface area contributed by atoms with Crippen molar-refractivity contribution in [2.45, 2.75) is 38.1 Å². The normalized spacial score (nSPS) is 14.6. The van der Waals surface area contributed by atoms with Gasteiger partial charge < -0.3 is 15.9 Å². The second-order valence-corrected chi connectivity index (χ2v) is 7.82. The van der Waals surface area contributed by atoms with Crippen molar-refractivity contribution in [3.05, 3.63) is 75.2 Å². The van der Waals surface area contributed by atoms with Gasteiger partial charge in [-0.25, -0.2) is 4.79 Å². The van der Waals surface area contributed by atoms with Crippen LogP contribution in [0.2, 0.25) is 0 Å². The molecule has 2 aromatic heterocycles. The van der Waals surface area contributed by atoms with E-state index in [0.717, 1.165) is 46.2 Å². The third-order valence-electron chi connectivity index (χ3n) is 5.70. The highest BCUT2D eigenvalue weighted by molar-refractivity contribution is 5.89. The van der Waals surface area contributed by atoms with Crippen molar-refractivity contribution < 1.29 is 19.8 Å². The van der Waals surface area contributed by atoms with Gasteiger partial charge in [0.1, 0.15) is 11.6 Å². The van der Waals surface area contributed by atoms with Crippen molar-refractivity contribution in [1.82, 2.24) is 4.40 Å². The summed E-state index contributed by atoms with van der Waals surface area (Å²) in [6.07, 6.45) is 3.84. The Morgan fingerprint density at radius 3 is 2.40 bits per heavy atom. The van der Waals surface area contributed by atoms with Crippen LogP contribution in [0.4, 0.5) is 0 Å². The van der Waals surface area contributed by atoms with Crippen LogP contribution in [0.25, 0.3) is 16.6 Å². The molecule has 1 aliphatic carbocycles. The zero-order valence-corrected chi connectivity index (χ0v) is 16.5. The Morgan fingerprint density at radius 1 is 1.17 bits per heavy atom. The van der Waals surface area contributed by atoms with Crippen LogP contribution in [0.5, 0.6) is 0 Å². The maximum Gasteiger partial charge on any atom is 0.341 e. The summed E-state index contributed by atoms with van der Waals surface area (Å²) in [5.41, 5.74) is 10.1. The van der Waals surface area contributed by atoms with E-state index in [1.807, 2.05) is 37.3 Å². The average molecular weight is 406 g/mol. The summed E-state index contributed by atoms with van der Waals surface area (Å²) in [7, 11) is 0. The number of carboxylic acids is 2. The standard InChI is InChI=1S/C23H22N2O5/c1-12-16(14-4-2-13(3-5-14)10-19(24)23(29)30)8-9-25-20(12)17(15-6-7-15)11-18(21(25)26)22(27)28/h2-5,8-9,11,15,19H,6-7,10,24H2,1H3,(H,27,28)(H,29,30). The van der Waals surface area contributed by atoms with E-state index in [1.54, 1.807) is 6.20 Å². The molecule has 1 unspecified atom stereocenters. The molecule has 0 radical (unpaired) electrons. The fourth-order valence-corrected chi connectivity index (χ4v) is 3.93. The second-order valence-electron chi connectivity index (χ2n) is 7.82. The monoisotopic (exact) mass is 406 g/mol. The van der Waals surface area contributed by atoms with Gasteiger partial charge in [0.25, 0.3) is 5.56 Å². The SMILES string of the molecule is Cc1c(-c2ccc(CC(N)C(=O)O)cc2)ccn2c(=O)c(C(=O)O)cc(C3CC3)c12. The van der Waals surface area contributed by atoms with Gasteiger partial charge >= 0.3 is 11.9 Å². The lowest BCUT2D eigenvalue weighted by atomic mass is 9.95. The van der Waals surface area contributed by atoms with Crippen molar-refractivity contribution in [3.63, 3.8) is 0 Å². The van der Waals surface area contributed by atoms with Gasteiger partial charge in [0.2, 0.25) is 0 Å². The summed E-state index contributed by atoms with van der Waals surface area (Å²) in [4.78, 5) is 35.2. The van der Waals surface area contributed by atoms with E-state index in [0.29, 0.717) is 0 Å². The fourth-order valence-electron chi connectivity index (χ4n) is 3.93. The number of pyridine rings is 2. The molecular formula is C23H22N2O5. The van der Waals surface area contributed by atoms with Crippen molar-refractivity contribution in [2.75, 3.05) is 0 Å². The predicted molar refractivity (Wildman–Crippen MR) is 112 cm³/mol. The van der Waals surface area contributed by atoms with E-state index in [1.165, 1.54) is 10.5 Å². The molecule has 7 nitrogen and oxygen atoms in total. The first-order valence-corrected chi connectivity index (χ1v) is 9.77. The van der Waals surface area contributed by atoms with Crippen LogP contribution in [0.3, 0.4) is 0 Å². The Labute approximate surface area is 172 Å². The summed E-state index contributed by atoms with van der Waals surface area (Å²) in [6, 6.07) is 9.91. The Hall–Kier alpha value is -3.45. The summed E-state index contributed by atoms with van der Waals surface area (Å²) in [5, 5.41) is 18.4. The summed E-state index contributed by atoms with van der Waals surface area (Å²) in [5.74, 6) is -1.98. The van der Waals surface area contributed by atoms with Crippen LogP contribution in [-0.4, -0.2) is 32.6 Å². The Kier molecular flexibility index (Phi) is 4.91. The minimum atomic E-state index is -1.21. The third-order valence-corrected chi connectivity index (χ3v) is 5.70. The van der Waals surface area contributed by atoms with Gasteiger partial charge in [0, 0.05) is 6.20 Å². The average Bonchev–Trinajstić information content (AvgIpc) is 3.54. The molecule has 2 heterocycles. The molecule has 1 fully saturated rings. The van der Waals surface area contributed by atoms with Crippen molar-refractivity contribution in [2.24, 2.45) is 5.73 Å². The van der Waals surface area contributed by atoms with E-state index < -0.39 is 23.5 Å². The molecule has 1 aliphatic rings. The molecule has 30 heavy (non-hydrogen) atoms. The molecule has 0 amide bonds. The van der Waals surface area contributed by atoms with Gasteiger partial charge in [-0.3, -0.25) is 14.0 Å². The minimum absolute atomic E-state index is 0.208. The number of nitrogens with zero attached hydrogens (tertiary/aromatic N) is 1. The molecule has 3 aromatic rings. The highest BCUT2D eigenvalue weighted by Crippen LogP contribution is 2.43. The van der Waals surface area contributed by atoms with Gasteiger partial charge in [0.05, 0.1) is 5.52 Å². The lowest BCUT2D eigenvalue weighted by molar-refractivity contribution is -0.138. The highest BCUT2D eigenvalue weighted by atomic mass is 16.4. The van der Waals surface area contributed by atoms with Crippen molar-refractivity contribution in [1.29, 1.82) is 0 Å². The Morgan fingerprint density at radius 2 is 1.83 bits per heavy atom. The van der Waals surface area contributed by atoms with E-state index in [9.17, 15) is 19.5 Å². The van der Waals surface area contributed by atoms with Crippen LogP contribution < -0.4 is 11.3 Å². The van der Waals surface area contributed by atoms with E-state index in [2.05, 4.69) is 0 Å². The van der Waals surface area contributed by atoms with Crippen LogP contribution in [-0.2, 0) is 11.2 Å². The number of aromatic carboxylic acids is 1. The fraction of sp³-hybridized carbons (Fsp3) is 0.261. The lowest BCUT2D eigenvalue weighted by Gasteiger charge is -2.16. The van der Waals surface area contributed by atoms with Gasteiger partial charge in [0.15, 0.2) is 0 Å². The maximum absolute atomic E-state index is 12.7. The molecule has 4 N–H and O–H groups in total. The molecule has 154 valence electrons. The molecular weight excluding hydrogens is 384 g/mol. The topological polar surface area (TPSA) is 122 Å². The molecule has 0 spiro atoms. The Bertz CT molecular complexity index is 1220. The van der Waals surface area contributed by atoms with Gasteiger partial charge in [-0.05, 0) is 72.1 Å². The van der Waals surface area contributed by atoms with Crippen molar-refractivity contribution >= 4 is 17.5 Å². The minimum Gasteiger partial charge on any atom is -0.480 e. The molecule has 1 atom stereocenters. The number of hydrogen-bond acceptors (Lipinski definition) is 4. The number of rotatable bonds is 6. The largest absolute Gasteiger partial charge is 0.480 e. The molecule has 1 saturated carbocycles. The number of carbonyl (C=O) groups is 2. The molecule has 0 aliphatic heterocycles. The van der Waals surface area contributed by atoms with Crippen LogP contribution in [0.1, 0.15) is 45.8 Å². The third kappa shape index (κ3) is 3.48. The van der Waals surface area contributed by atoms with Crippen molar-refractivity contribution in [3.8, 4) is 11.1 Å². The molecule has 7 heteroatoms. The molecule has 0 saturated heterocycles. The quantitative estimate of drug-likeness (QED) is 0.579. The first kappa shape index (κ1) is 19.8. The zero-order valence-electron chi connectivity index (χ0n) is 16.5. The summed E-state index contributed by atoms with van der Waals surface area (Å²) >= 11 is 0. The van der Waals surface area contributed by atoms with Crippen LogP contribution in [0, 0.1) is 6.92 Å². The number of benzene rings is 1. The van der Waals surface area contributed by atoms with Gasteiger partial charge in [-0.15, -0.1) is 0 Å². The van der Waals surface area contributed by atoms with E-state index in [4.69, 9.17) is 10.8 Å². The maximum atomic E-state index is 12.7. The first-order valence-electron chi connectivity index (χ1n) is 9.77. The summed E-state index contributed by atoms with van der Waals surface area (Å²) < 4.78 is 1.44. The summed E-state index contributed by atoms with van der Waals surface area (Å²) in [6.45, 7) is 1.94. The van der Waals surface area contributed by atoms with E-state index in [-0.39, 0.29) is 17.9 Å². The number of fused-ring (bicyclic) bond motifs is 1. The zero-order chi connectivity index (χ0) is 21.6. The second kappa shape index (κ2) is 7.42. The molecule has 0 bridgehead atoms. The van der Waals surface area contributed by atoms with Crippen LogP contribution in [0.15, 0.2) is 47.4 Å². The Balaban J connectivity index is 1.81. The lowest BCUT2D eigenvalue weighted by Crippen LogP contribution is -2.32. The van der Waals surface area contributed by atoms with Gasteiger partial charge in [-0.2, -0.15) is 0 Å². The van der Waals surface area contributed by atoms with Gasteiger partial charge in [-0.1, -0.05) is 24.3 Å². The number of hydrogen-bond donors (Lipinski definition) is 3. The smallest absolute Gasteiger partial charge is 0.341 e. The van der Waals surface area contributed by atoms with E-state index >= 15 is 0 Å². The number of nitrogens with two attached hydrogens (primary N) is 1. The highest BCUT2D eigenvalue weighted by Gasteiger charge is 2.29. The molecule has 1 aromatic carbocycles. The number of carboxylic acid groups (broad SMARTS) is 2. The predicted octanol–water partition coefficient (Wildman–Crippen LogP) is 2.80. The first-order chi connectivity index (χ1) is 14.3. The molecule has 4 rings (SSSR count). The van der Waals surface area contributed by atoms with Crippen LogP contribution >= 0.6 is 0 Å². The number of aliphatic carboxylic acids is 1. The number of aryl methyl sites for hydroxylation is 1.